The Hall–Kier alpha value is -2.60. The second-order valence-electron chi connectivity index (χ2n) is 6.66. The third kappa shape index (κ3) is 4.57. The standard InChI is InChI=1S/C21H23N3O2S/c1-14-11-16(3)18(12-15(14)2)19(25)13-27-21-23-22-20(26)24(21)10-9-17-7-5-4-6-8-17/h4-8,11-12H,9-10,13H2,1-3H3,(H,22,26). The number of carbonyl (C=O) groups excluding carboxylic acids is 1. The number of ketones is 1. The highest BCUT2D eigenvalue weighted by atomic mass is 32.2. The van der Waals surface area contributed by atoms with Gasteiger partial charge < -0.3 is 0 Å². The van der Waals surface area contributed by atoms with Crippen molar-refractivity contribution in [1.29, 1.82) is 0 Å². The smallest absolute Gasteiger partial charge is 0.293 e. The lowest BCUT2D eigenvalue weighted by atomic mass is 9.99. The van der Waals surface area contributed by atoms with Crippen molar-refractivity contribution in [3.05, 3.63) is 80.8 Å². The molecule has 0 aliphatic carbocycles. The molecule has 0 unspecified atom stereocenters. The van der Waals surface area contributed by atoms with Gasteiger partial charge >= 0.3 is 5.69 Å². The predicted octanol–water partition coefficient (Wildman–Crippen LogP) is 3.71. The Balaban J connectivity index is 1.69. The van der Waals surface area contributed by atoms with Gasteiger partial charge in [0, 0.05) is 12.1 Å². The minimum atomic E-state index is -0.247. The van der Waals surface area contributed by atoms with Gasteiger partial charge in [-0.2, -0.15) is 0 Å². The zero-order valence-electron chi connectivity index (χ0n) is 15.8. The lowest BCUT2D eigenvalue weighted by molar-refractivity contribution is 0.102. The van der Waals surface area contributed by atoms with Crippen LogP contribution in [0.4, 0.5) is 0 Å². The van der Waals surface area contributed by atoms with Crippen molar-refractivity contribution >= 4 is 17.5 Å². The van der Waals surface area contributed by atoms with Gasteiger partial charge in [-0.1, -0.05) is 48.2 Å². The molecule has 0 fully saturated rings. The molecule has 1 aromatic heterocycles. The molecule has 2 aromatic carbocycles. The third-order valence-electron chi connectivity index (χ3n) is 4.66. The van der Waals surface area contributed by atoms with E-state index in [1.165, 1.54) is 17.3 Å². The van der Waals surface area contributed by atoms with E-state index in [9.17, 15) is 9.59 Å². The summed E-state index contributed by atoms with van der Waals surface area (Å²) in [5.74, 6) is 0.296. The van der Waals surface area contributed by atoms with E-state index in [0.717, 1.165) is 28.7 Å². The van der Waals surface area contributed by atoms with Gasteiger partial charge in [0.2, 0.25) is 0 Å². The summed E-state index contributed by atoms with van der Waals surface area (Å²) < 4.78 is 1.60. The summed E-state index contributed by atoms with van der Waals surface area (Å²) in [6, 6.07) is 14.0. The normalized spacial score (nSPS) is 10.9. The molecule has 27 heavy (non-hydrogen) atoms. The number of hydrogen-bond donors (Lipinski definition) is 1. The molecule has 0 bridgehead atoms. The number of rotatable bonds is 7. The van der Waals surface area contributed by atoms with E-state index in [-0.39, 0.29) is 17.2 Å². The Morgan fingerprint density at radius 2 is 1.78 bits per heavy atom. The molecule has 3 aromatic rings. The molecule has 0 saturated heterocycles. The molecule has 3 rings (SSSR count). The average Bonchev–Trinajstić information content (AvgIpc) is 3.01. The fourth-order valence-electron chi connectivity index (χ4n) is 2.96. The van der Waals surface area contributed by atoms with Crippen molar-refractivity contribution in [3.63, 3.8) is 0 Å². The van der Waals surface area contributed by atoms with E-state index < -0.39 is 0 Å². The van der Waals surface area contributed by atoms with Gasteiger partial charge in [-0.05, 0) is 55.5 Å². The van der Waals surface area contributed by atoms with E-state index in [2.05, 4.69) is 10.2 Å². The van der Waals surface area contributed by atoms with E-state index in [4.69, 9.17) is 0 Å². The van der Waals surface area contributed by atoms with E-state index in [1.54, 1.807) is 4.57 Å². The van der Waals surface area contributed by atoms with Crippen molar-refractivity contribution in [2.24, 2.45) is 0 Å². The second-order valence-corrected chi connectivity index (χ2v) is 7.60. The highest BCUT2D eigenvalue weighted by Crippen LogP contribution is 2.20. The van der Waals surface area contributed by atoms with Crippen molar-refractivity contribution in [2.45, 2.75) is 38.9 Å². The number of H-pyrrole nitrogens is 1. The van der Waals surface area contributed by atoms with Crippen LogP contribution in [0.15, 0.2) is 52.4 Å². The molecule has 0 spiro atoms. The highest BCUT2D eigenvalue weighted by molar-refractivity contribution is 7.99. The predicted molar refractivity (Wildman–Crippen MR) is 109 cm³/mol. The molecule has 0 aliphatic heterocycles. The van der Waals surface area contributed by atoms with Crippen LogP contribution in [-0.2, 0) is 13.0 Å². The van der Waals surface area contributed by atoms with Crippen LogP contribution < -0.4 is 5.69 Å². The fraction of sp³-hybridized carbons (Fsp3) is 0.286. The Labute approximate surface area is 162 Å². The van der Waals surface area contributed by atoms with Crippen LogP contribution in [0, 0.1) is 20.8 Å². The minimum absolute atomic E-state index is 0.0469. The fourth-order valence-corrected chi connectivity index (χ4v) is 3.82. The van der Waals surface area contributed by atoms with Crippen LogP contribution in [0.2, 0.25) is 0 Å². The number of aromatic amines is 1. The number of nitrogens with one attached hydrogen (secondary N) is 1. The summed E-state index contributed by atoms with van der Waals surface area (Å²) in [7, 11) is 0. The Bertz CT molecular complexity index is 1010. The summed E-state index contributed by atoms with van der Waals surface area (Å²) in [4.78, 5) is 24.7. The van der Waals surface area contributed by atoms with Gasteiger partial charge in [-0.25, -0.2) is 9.89 Å². The number of carbonyl (C=O) groups is 1. The summed E-state index contributed by atoms with van der Waals surface area (Å²) in [6.45, 7) is 6.53. The number of nitrogens with zero attached hydrogens (tertiary/aromatic N) is 2. The van der Waals surface area contributed by atoms with Crippen LogP contribution in [0.1, 0.15) is 32.6 Å². The maximum Gasteiger partial charge on any atom is 0.343 e. The molecule has 0 aliphatic rings. The SMILES string of the molecule is Cc1cc(C)c(C(=O)CSc2n[nH]c(=O)n2CCc2ccccc2)cc1C. The average molecular weight is 382 g/mol. The monoisotopic (exact) mass is 381 g/mol. The number of Topliss-reactive ketones (excluding diaryl/α,β-unsaturated/α-hetero) is 1. The molecule has 0 saturated carbocycles. The second kappa shape index (κ2) is 8.39. The van der Waals surface area contributed by atoms with E-state index in [0.29, 0.717) is 11.7 Å². The van der Waals surface area contributed by atoms with Gasteiger partial charge in [0.1, 0.15) is 0 Å². The molecule has 6 heteroatoms. The van der Waals surface area contributed by atoms with Crippen molar-refractivity contribution in [2.75, 3.05) is 5.75 Å². The number of aromatic nitrogens is 3. The first kappa shape index (κ1) is 19.2. The maximum absolute atomic E-state index is 12.7. The summed E-state index contributed by atoms with van der Waals surface area (Å²) in [5.41, 5.74) is 4.91. The molecule has 140 valence electrons. The largest absolute Gasteiger partial charge is 0.343 e. The first-order chi connectivity index (χ1) is 13.0. The molecular formula is C21H23N3O2S. The summed E-state index contributed by atoms with van der Waals surface area (Å²) >= 11 is 1.30. The highest BCUT2D eigenvalue weighted by Gasteiger charge is 2.15. The van der Waals surface area contributed by atoms with Crippen LogP contribution >= 0.6 is 11.8 Å². The van der Waals surface area contributed by atoms with Crippen LogP contribution in [0.5, 0.6) is 0 Å². The van der Waals surface area contributed by atoms with Crippen molar-refractivity contribution in [3.8, 4) is 0 Å². The first-order valence-electron chi connectivity index (χ1n) is 8.88. The molecule has 0 amide bonds. The number of aryl methyl sites for hydroxylation is 4. The van der Waals surface area contributed by atoms with Gasteiger partial charge in [0.05, 0.1) is 5.75 Å². The molecule has 1 N–H and O–H groups in total. The summed E-state index contributed by atoms with van der Waals surface area (Å²) in [5, 5.41) is 7.12. The zero-order chi connectivity index (χ0) is 19.4. The number of thioether (sulfide) groups is 1. The zero-order valence-corrected chi connectivity index (χ0v) is 16.6. The first-order valence-corrected chi connectivity index (χ1v) is 9.87. The van der Waals surface area contributed by atoms with Gasteiger partial charge in [0.25, 0.3) is 0 Å². The Morgan fingerprint density at radius 1 is 1.07 bits per heavy atom. The van der Waals surface area contributed by atoms with Gasteiger partial charge in [-0.3, -0.25) is 9.36 Å². The minimum Gasteiger partial charge on any atom is -0.293 e. The molecule has 5 nitrogen and oxygen atoms in total. The van der Waals surface area contributed by atoms with Gasteiger partial charge in [0.15, 0.2) is 10.9 Å². The molecule has 0 radical (unpaired) electrons. The van der Waals surface area contributed by atoms with Crippen molar-refractivity contribution < 1.29 is 4.79 Å². The van der Waals surface area contributed by atoms with Crippen LogP contribution in [-0.4, -0.2) is 26.3 Å². The van der Waals surface area contributed by atoms with Crippen LogP contribution in [0.25, 0.3) is 0 Å². The van der Waals surface area contributed by atoms with Crippen LogP contribution in [0.3, 0.4) is 0 Å². The van der Waals surface area contributed by atoms with Crippen molar-refractivity contribution in [1.82, 2.24) is 14.8 Å². The lowest BCUT2D eigenvalue weighted by Crippen LogP contribution is -2.19. The van der Waals surface area contributed by atoms with Gasteiger partial charge in [-0.15, -0.1) is 5.10 Å². The molecule has 1 heterocycles. The third-order valence-corrected chi connectivity index (χ3v) is 5.64. The van der Waals surface area contributed by atoms with E-state index in [1.807, 2.05) is 63.2 Å². The molecular weight excluding hydrogens is 358 g/mol. The van der Waals surface area contributed by atoms with E-state index >= 15 is 0 Å². The Morgan fingerprint density at radius 3 is 2.52 bits per heavy atom. The molecule has 0 atom stereocenters. The Kier molecular flexibility index (Phi) is 5.96. The lowest BCUT2D eigenvalue weighted by Gasteiger charge is -2.09. The maximum atomic E-state index is 12.7. The topological polar surface area (TPSA) is 67.8 Å². The number of benzene rings is 2. The quantitative estimate of drug-likeness (QED) is 0.500. The summed E-state index contributed by atoms with van der Waals surface area (Å²) in [6.07, 6.45) is 0.734. The number of hydrogen-bond acceptors (Lipinski definition) is 4.